The van der Waals surface area contributed by atoms with Crippen molar-refractivity contribution in [1.82, 2.24) is 0 Å². The molecule has 0 radical (unpaired) electrons. The van der Waals surface area contributed by atoms with Crippen LogP contribution in [0.5, 0.6) is 0 Å². The van der Waals surface area contributed by atoms with E-state index in [1.807, 2.05) is 24.3 Å². The monoisotopic (exact) mass is 304 g/mol. The van der Waals surface area contributed by atoms with E-state index in [9.17, 15) is 4.79 Å². The van der Waals surface area contributed by atoms with E-state index in [4.69, 9.17) is 8.83 Å². The molecule has 0 aliphatic carbocycles. The molecule has 2 heterocycles. The minimum Gasteiger partial charge on any atom is -0.472 e. The Morgan fingerprint density at radius 1 is 1.17 bits per heavy atom. The number of rotatable bonds is 2. The minimum absolute atomic E-state index is 0.356. The molecule has 0 spiro atoms. The second kappa shape index (κ2) is 4.46. The van der Waals surface area contributed by atoms with E-state index < -0.39 is 0 Å². The molecule has 0 N–H and O–H groups in total. The number of halogens is 1. The van der Waals surface area contributed by atoms with Crippen molar-refractivity contribution < 1.29 is 8.83 Å². The Morgan fingerprint density at radius 3 is 2.78 bits per heavy atom. The van der Waals surface area contributed by atoms with Crippen LogP contribution in [0.15, 0.2) is 56.5 Å². The molecule has 0 saturated heterocycles. The van der Waals surface area contributed by atoms with Crippen LogP contribution in [0.4, 0.5) is 0 Å². The Hall–Kier alpha value is -1.81. The van der Waals surface area contributed by atoms with Crippen LogP contribution >= 0.6 is 15.9 Å². The van der Waals surface area contributed by atoms with Crippen molar-refractivity contribution in [2.24, 2.45) is 0 Å². The van der Waals surface area contributed by atoms with Crippen LogP contribution in [0.25, 0.3) is 22.1 Å². The summed E-state index contributed by atoms with van der Waals surface area (Å²) in [6.45, 7) is 0. The maximum Gasteiger partial charge on any atom is 0.336 e. The maximum atomic E-state index is 11.6. The molecule has 3 aromatic rings. The molecular formula is C14H9BrO3. The number of alkyl halides is 1. The largest absolute Gasteiger partial charge is 0.472 e. The Morgan fingerprint density at radius 2 is 2.06 bits per heavy atom. The smallest absolute Gasteiger partial charge is 0.336 e. The van der Waals surface area contributed by atoms with E-state index in [-0.39, 0.29) is 5.63 Å². The number of benzene rings is 1. The summed E-state index contributed by atoms with van der Waals surface area (Å²) in [7, 11) is 0. The lowest BCUT2D eigenvalue weighted by atomic mass is 10.0. The molecule has 3 nitrogen and oxygen atoms in total. The molecule has 0 saturated carbocycles. The lowest BCUT2D eigenvalue weighted by Crippen LogP contribution is -1.98. The lowest BCUT2D eigenvalue weighted by molar-refractivity contribution is 0.560. The summed E-state index contributed by atoms with van der Waals surface area (Å²) in [4.78, 5) is 11.6. The molecular weight excluding hydrogens is 296 g/mol. The van der Waals surface area contributed by atoms with Crippen molar-refractivity contribution >= 4 is 26.9 Å². The highest BCUT2D eigenvalue weighted by Gasteiger charge is 2.09. The predicted molar refractivity (Wildman–Crippen MR) is 72.8 cm³/mol. The molecule has 0 bridgehead atoms. The van der Waals surface area contributed by atoms with Gasteiger partial charge >= 0.3 is 5.63 Å². The fraction of sp³-hybridized carbons (Fsp3) is 0.0714. The standard InChI is InChI=1S/C14H9BrO3/c15-7-9-1-2-11-12(10-3-4-17-8-10)6-14(16)18-13(11)5-9/h1-6,8H,7H2. The van der Waals surface area contributed by atoms with Gasteiger partial charge in [0.05, 0.1) is 12.5 Å². The summed E-state index contributed by atoms with van der Waals surface area (Å²) in [5.74, 6) is 0. The summed E-state index contributed by atoms with van der Waals surface area (Å²) in [6, 6.07) is 9.14. The van der Waals surface area contributed by atoms with Crippen LogP contribution in [0.1, 0.15) is 5.56 Å². The first-order chi connectivity index (χ1) is 8.78. The third-order valence-corrected chi connectivity index (χ3v) is 3.44. The highest BCUT2D eigenvalue weighted by molar-refractivity contribution is 9.08. The molecule has 0 fully saturated rings. The SMILES string of the molecule is O=c1cc(-c2ccoc2)c2ccc(CBr)cc2o1. The highest BCUT2D eigenvalue weighted by Crippen LogP contribution is 2.28. The van der Waals surface area contributed by atoms with E-state index in [2.05, 4.69) is 15.9 Å². The molecule has 4 heteroatoms. The van der Waals surface area contributed by atoms with Gasteiger partial charge in [-0.05, 0) is 17.7 Å². The normalized spacial score (nSPS) is 10.9. The van der Waals surface area contributed by atoms with Gasteiger partial charge in [-0.2, -0.15) is 0 Å². The molecule has 1 aromatic carbocycles. The summed E-state index contributed by atoms with van der Waals surface area (Å²) >= 11 is 3.38. The van der Waals surface area contributed by atoms with E-state index in [0.717, 1.165) is 27.4 Å². The fourth-order valence-electron chi connectivity index (χ4n) is 1.95. The summed E-state index contributed by atoms with van der Waals surface area (Å²) in [5, 5.41) is 1.63. The average molecular weight is 305 g/mol. The zero-order valence-electron chi connectivity index (χ0n) is 9.35. The number of furan rings is 1. The highest BCUT2D eigenvalue weighted by atomic mass is 79.9. The molecule has 18 heavy (non-hydrogen) atoms. The van der Waals surface area contributed by atoms with Crippen molar-refractivity contribution in [3.8, 4) is 11.1 Å². The molecule has 90 valence electrons. The van der Waals surface area contributed by atoms with Crippen LogP contribution in [-0.4, -0.2) is 0 Å². The van der Waals surface area contributed by atoms with Gasteiger partial charge in [0.25, 0.3) is 0 Å². The van der Waals surface area contributed by atoms with Crippen LogP contribution in [-0.2, 0) is 5.33 Å². The molecule has 0 amide bonds. The summed E-state index contributed by atoms with van der Waals surface area (Å²) in [6.07, 6.45) is 3.20. The zero-order chi connectivity index (χ0) is 12.5. The van der Waals surface area contributed by atoms with Gasteiger partial charge in [0, 0.05) is 27.9 Å². The number of fused-ring (bicyclic) bond motifs is 1. The maximum absolute atomic E-state index is 11.6. The van der Waals surface area contributed by atoms with Crippen molar-refractivity contribution in [1.29, 1.82) is 0 Å². The third-order valence-electron chi connectivity index (χ3n) is 2.80. The lowest BCUT2D eigenvalue weighted by Gasteiger charge is -2.04. The van der Waals surface area contributed by atoms with Gasteiger partial charge in [-0.25, -0.2) is 4.79 Å². The first-order valence-electron chi connectivity index (χ1n) is 5.43. The van der Waals surface area contributed by atoms with Crippen LogP contribution < -0.4 is 5.63 Å². The van der Waals surface area contributed by atoms with Gasteiger partial charge in [-0.1, -0.05) is 28.1 Å². The van der Waals surface area contributed by atoms with E-state index in [0.29, 0.717) is 5.58 Å². The van der Waals surface area contributed by atoms with Gasteiger partial charge in [-0.15, -0.1) is 0 Å². The van der Waals surface area contributed by atoms with Crippen LogP contribution in [0.2, 0.25) is 0 Å². The number of hydrogen-bond acceptors (Lipinski definition) is 3. The van der Waals surface area contributed by atoms with Crippen molar-refractivity contribution in [2.45, 2.75) is 5.33 Å². The quantitative estimate of drug-likeness (QED) is 0.532. The molecule has 0 atom stereocenters. The Balaban J connectivity index is 2.35. The van der Waals surface area contributed by atoms with E-state index >= 15 is 0 Å². The average Bonchev–Trinajstić information content (AvgIpc) is 2.90. The summed E-state index contributed by atoms with van der Waals surface area (Å²) < 4.78 is 10.3. The topological polar surface area (TPSA) is 43.4 Å². The van der Waals surface area contributed by atoms with Gasteiger partial charge in [0.15, 0.2) is 0 Å². The fourth-order valence-corrected chi connectivity index (χ4v) is 2.30. The van der Waals surface area contributed by atoms with Gasteiger partial charge in [0.1, 0.15) is 5.58 Å². The van der Waals surface area contributed by atoms with Crippen molar-refractivity contribution in [2.75, 3.05) is 0 Å². The second-order valence-corrected chi connectivity index (χ2v) is 4.52. The van der Waals surface area contributed by atoms with Crippen molar-refractivity contribution in [3.05, 3.63) is 58.8 Å². The molecule has 0 aliphatic heterocycles. The van der Waals surface area contributed by atoms with Crippen molar-refractivity contribution in [3.63, 3.8) is 0 Å². The minimum atomic E-state index is -0.356. The molecule has 2 aromatic heterocycles. The Bertz CT molecular complexity index is 741. The van der Waals surface area contributed by atoms with Gasteiger partial charge < -0.3 is 8.83 Å². The first-order valence-corrected chi connectivity index (χ1v) is 6.55. The van der Waals surface area contributed by atoms with Gasteiger partial charge in [0.2, 0.25) is 0 Å². The second-order valence-electron chi connectivity index (χ2n) is 3.96. The van der Waals surface area contributed by atoms with Gasteiger partial charge in [-0.3, -0.25) is 0 Å². The molecule has 0 aliphatic rings. The summed E-state index contributed by atoms with van der Waals surface area (Å²) in [5.41, 5.74) is 3.01. The third kappa shape index (κ3) is 1.88. The zero-order valence-corrected chi connectivity index (χ0v) is 10.9. The first kappa shape index (κ1) is 11.3. The molecule has 0 unspecified atom stereocenters. The Labute approximate surface area is 111 Å². The van der Waals surface area contributed by atoms with Crippen LogP contribution in [0.3, 0.4) is 0 Å². The Kier molecular flexibility index (Phi) is 2.80. The predicted octanol–water partition coefficient (Wildman–Crippen LogP) is 3.95. The molecule has 3 rings (SSSR count). The van der Waals surface area contributed by atoms with E-state index in [1.165, 1.54) is 6.07 Å². The number of hydrogen-bond donors (Lipinski definition) is 0. The van der Waals surface area contributed by atoms with E-state index in [1.54, 1.807) is 12.5 Å². The van der Waals surface area contributed by atoms with Crippen LogP contribution in [0, 0.1) is 0 Å².